The predicted molar refractivity (Wildman–Crippen MR) is 113 cm³/mol. The van der Waals surface area contributed by atoms with Gasteiger partial charge in [0.15, 0.2) is 5.65 Å². The van der Waals surface area contributed by atoms with Crippen LogP contribution in [0.3, 0.4) is 0 Å². The van der Waals surface area contributed by atoms with E-state index in [1.54, 1.807) is 30.9 Å². The Hall–Kier alpha value is -3.68. The zero-order valence-electron chi connectivity index (χ0n) is 15.9. The Balaban J connectivity index is 1.43. The van der Waals surface area contributed by atoms with Gasteiger partial charge in [-0.3, -0.25) is 9.20 Å². The molecule has 5 heterocycles. The van der Waals surface area contributed by atoms with Crippen LogP contribution in [0, 0.1) is 0 Å². The molecule has 4 aromatic heterocycles. The lowest BCUT2D eigenvalue weighted by atomic mass is 10.1. The molecule has 1 fully saturated rings. The average Bonchev–Trinajstić information content (AvgIpc) is 3.26. The van der Waals surface area contributed by atoms with Gasteiger partial charge in [0.1, 0.15) is 0 Å². The van der Waals surface area contributed by atoms with Gasteiger partial charge in [-0.1, -0.05) is 0 Å². The number of aromatic amines is 1. The van der Waals surface area contributed by atoms with Crippen molar-refractivity contribution in [2.24, 2.45) is 0 Å². The van der Waals surface area contributed by atoms with Crippen LogP contribution in [0.2, 0.25) is 0 Å². The van der Waals surface area contributed by atoms with Crippen LogP contribution >= 0.6 is 0 Å². The molecule has 0 saturated carbocycles. The van der Waals surface area contributed by atoms with E-state index in [2.05, 4.69) is 30.2 Å². The second kappa shape index (κ2) is 7.38. The maximum Gasteiger partial charge on any atom is 0.248 e. The molecule has 1 aliphatic heterocycles. The molecule has 2 N–H and O–H groups in total. The fourth-order valence-electron chi connectivity index (χ4n) is 3.75. The highest BCUT2D eigenvalue weighted by molar-refractivity contribution is 5.77. The Labute approximate surface area is 167 Å². The predicted octanol–water partition coefficient (Wildman–Crippen LogP) is 3.21. The Kier molecular flexibility index (Phi) is 4.44. The van der Waals surface area contributed by atoms with Crippen molar-refractivity contribution in [3.8, 4) is 11.3 Å². The van der Waals surface area contributed by atoms with Crippen LogP contribution in [-0.4, -0.2) is 37.4 Å². The summed E-state index contributed by atoms with van der Waals surface area (Å²) < 4.78 is 1.96. The first-order chi connectivity index (χ1) is 14.3. The largest absolute Gasteiger partial charge is 0.350 e. The van der Waals surface area contributed by atoms with Crippen molar-refractivity contribution in [2.75, 3.05) is 23.3 Å². The summed E-state index contributed by atoms with van der Waals surface area (Å²) in [5, 5.41) is 3.36. The van der Waals surface area contributed by atoms with E-state index in [-0.39, 0.29) is 5.56 Å². The second-order valence-corrected chi connectivity index (χ2v) is 7.14. The molecule has 0 aliphatic carbocycles. The molecule has 0 radical (unpaired) electrons. The Morgan fingerprint density at radius 2 is 1.83 bits per heavy atom. The Bertz CT molecular complexity index is 1190. The van der Waals surface area contributed by atoms with Crippen LogP contribution < -0.4 is 15.8 Å². The highest BCUT2D eigenvalue weighted by atomic mass is 16.1. The van der Waals surface area contributed by atoms with Crippen molar-refractivity contribution in [3.63, 3.8) is 0 Å². The highest BCUT2D eigenvalue weighted by Crippen LogP contribution is 2.27. The van der Waals surface area contributed by atoms with Gasteiger partial charge in [0.05, 0.1) is 29.5 Å². The molecule has 8 nitrogen and oxygen atoms in total. The molecule has 4 aromatic rings. The third-order valence-electron chi connectivity index (χ3n) is 5.18. The van der Waals surface area contributed by atoms with Gasteiger partial charge in [0.2, 0.25) is 11.5 Å². The lowest BCUT2D eigenvalue weighted by Crippen LogP contribution is -2.30. The maximum absolute atomic E-state index is 11.7. The molecular formula is C21H21N7O. The van der Waals surface area contributed by atoms with Gasteiger partial charge in [-0.15, -0.1) is 0 Å². The smallest absolute Gasteiger partial charge is 0.248 e. The summed E-state index contributed by atoms with van der Waals surface area (Å²) in [6.07, 6.45) is 12.6. The lowest BCUT2D eigenvalue weighted by molar-refractivity contribution is 0.568. The fourth-order valence-corrected chi connectivity index (χ4v) is 3.75. The van der Waals surface area contributed by atoms with E-state index >= 15 is 0 Å². The minimum absolute atomic E-state index is 0.135. The van der Waals surface area contributed by atoms with E-state index in [0.29, 0.717) is 0 Å². The van der Waals surface area contributed by atoms with Crippen LogP contribution in [0.4, 0.5) is 17.3 Å². The molecule has 146 valence electrons. The van der Waals surface area contributed by atoms with Crippen molar-refractivity contribution in [3.05, 3.63) is 65.6 Å². The first-order valence-corrected chi connectivity index (χ1v) is 9.77. The van der Waals surface area contributed by atoms with Crippen LogP contribution in [-0.2, 0) is 0 Å². The van der Waals surface area contributed by atoms with E-state index in [4.69, 9.17) is 0 Å². The number of rotatable bonds is 4. The van der Waals surface area contributed by atoms with Crippen molar-refractivity contribution >= 4 is 23.0 Å². The molecule has 0 unspecified atom stereocenters. The molecule has 0 aromatic carbocycles. The van der Waals surface area contributed by atoms with Crippen LogP contribution in [0.15, 0.2) is 60.0 Å². The Morgan fingerprint density at radius 3 is 2.62 bits per heavy atom. The van der Waals surface area contributed by atoms with Gasteiger partial charge in [-0.05, 0) is 37.5 Å². The molecule has 5 rings (SSSR count). The van der Waals surface area contributed by atoms with Gasteiger partial charge in [-0.25, -0.2) is 15.0 Å². The molecule has 29 heavy (non-hydrogen) atoms. The summed E-state index contributed by atoms with van der Waals surface area (Å²) in [7, 11) is 0. The zero-order valence-corrected chi connectivity index (χ0v) is 15.9. The minimum Gasteiger partial charge on any atom is -0.350 e. The van der Waals surface area contributed by atoms with Gasteiger partial charge >= 0.3 is 0 Å². The lowest BCUT2D eigenvalue weighted by Gasteiger charge is -2.26. The molecular weight excluding hydrogens is 366 g/mol. The minimum atomic E-state index is -0.135. The topological polar surface area (TPSA) is 91.2 Å². The van der Waals surface area contributed by atoms with Crippen molar-refractivity contribution in [1.82, 2.24) is 24.3 Å². The number of hydrogen-bond donors (Lipinski definition) is 2. The van der Waals surface area contributed by atoms with Crippen LogP contribution in [0.5, 0.6) is 0 Å². The van der Waals surface area contributed by atoms with Crippen molar-refractivity contribution < 1.29 is 0 Å². The quantitative estimate of drug-likeness (QED) is 0.559. The van der Waals surface area contributed by atoms with Crippen molar-refractivity contribution in [2.45, 2.75) is 19.3 Å². The number of pyridine rings is 2. The van der Waals surface area contributed by atoms with E-state index in [9.17, 15) is 4.79 Å². The van der Waals surface area contributed by atoms with E-state index < -0.39 is 0 Å². The first-order valence-electron chi connectivity index (χ1n) is 9.77. The number of nitrogens with one attached hydrogen (secondary N) is 2. The zero-order chi connectivity index (χ0) is 19.6. The fraction of sp³-hybridized carbons (Fsp3) is 0.238. The van der Waals surface area contributed by atoms with Crippen LogP contribution in [0.25, 0.3) is 16.9 Å². The normalized spacial score (nSPS) is 14.3. The van der Waals surface area contributed by atoms with Gasteiger partial charge in [-0.2, -0.15) is 0 Å². The highest BCUT2D eigenvalue weighted by Gasteiger charge is 2.14. The number of fused-ring (bicyclic) bond motifs is 1. The SMILES string of the molecule is O=c1cc(-c2ccc(Nc3cnc(N4CCCCC4)nc3)c3nccn23)cc[nH]1. The standard InChI is InChI=1S/C21H21N7O/c29-19-12-15(6-7-22-19)18-5-4-17(20-23-8-11-28(18)20)26-16-13-24-21(25-14-16)27-9-2-1-3-10-27/h4-8,11-14,26H,1-3,9-10H2,(H,22,29). The third kappa shape index (κ3) is 3.44. The summed E-state index contributed by atoms with van der Waals surface area (Å²) in [6.45, 7) is 2.04. The summed E-state index contributed by atoms with van der Waals surface area (Å²) in [6, 6.07) is 7.37. The van der Waals surface area contributed by atoms with E-state index in [0.717, 1.165) is 47.3 Å². The van der Waals surface area contributed by atoms with Gasteiger partial charge < -0.3 is 15.2 Å². The van der Waals surface area contributed by atoms with Crippen molar-refractivity contribution in [1.29, 1.82) is 0 Å². The molecule has 8 heteroatoms. The summed E-state index contributed by atoms with van der Waals surface area (Å²) in [4.78, 5) is 30.1. The molecule has 0 atom stereocenters. The number of nitrogens with zero attached hydrogens (tertiary/aromatic N) is 5. The molecule has 1 saturated heterocycles. The third-order valence-corrected chi connectivity index (χ3v) is 5.18. The number of piperidine rings is 1. The Morgan fingerprint density at radius 1 is 1.00 bits per heavy atom. The number of aromatic nitrogens is 5. The van der Waals surface area contributed by atoms with E-state index in [1.807, 2.05) is 28.8 Å². The number of imidazole rings is 1. The maximum atomic E-state index is 11.7. The monoisotopic (exact) mass is 387 g/mol. The molecule has 0 spiro atoms. The molecule has 0 amide bonds. The van der Waals surface area contributed by atoms with E-state index in [1.165, 1.54) is 19.3 Å². The number of hydrogen-bond acceptors (Lipinski definition) is 6. The summed E-state index contributed by atoms with van der Waals surface area (Å²) in [5.74, 6) is 0.783. The average molecular weight is 387 g/mol. The number of H-pyrrole nitrogens is 1. The summed E-state index contributed by atoms with van der Waals surface area (Å²) >= 11 is 0. The summed E-state index contributed by atoms with van der Waals surface area (Å²) in [5.41, 5.74) is 4.01. The van der Waals surface area contributed by atoms with Gasteiger partial charge in [0.25, 0.3) is 0 Å². The van der Waals surface area contributed by atoms with Gasteiger partial charge in [0, 0.05) is 43.3 Å². The number of anilines is 3. The van der Waals surface area contributed by atoms with Crippen LogP contribution in [0.1, 0.15) is 19.3 Å². The second-order valence-electron chi connectivity index (χ2n) is 7.14. The molecule has 0 bridgehead atoms. The first kappa shape index (κ1) is 17.4. The molecule has 1 aliphatic rings.